The number of carbonyl (C=O) groups is 1. The van der Waals surface area contributed by atoms with Crippen LogP contribution in [0, 0.1) is 0 Å². The summed E-state index contributed by atoms with van der Waals surface area (Å²) in [5, 5.41) is 8.22. The van der Waals surface area contributed by atoms with E-state index >= 15 is 0 Å². The van der Waals surface area contributed by atoms with E-state index in [9.17, 15) is 4.79 Å². The number of likely N-dealkylation sites (tertiary alicyclic amines) is 1. The standard InChI is InChI=1S/C16H17N5O2/c22-16(12-10-18-21-9-5-3-6-13(12)21)20-8-4-1-2-7-14(20)15-17-11-23-19-15/h3,5-6,9-11,14H,1-2,4,7-8H2. The summed E-state index contributed by atoms with van der Waals surface area (Å²) < 4.78 is 6.60. The molecule has 0 spiro atoms. The van der Waals surface area contributed by atoms with Crippen molar-refractivity contribution in [3.63, 3.8) is 0 Å². The van der Waals surface area contributed by atoms with Crippen LogP contribution in [0.3, 0.4) is 0 Å². The highest BCUT2D eigenvalue weighted by molar-refractivity contribution is 6.00. The summed E-state index contributed by atoms with van der Waals surface area (Å²) in [7, 11) is 0. The predicted molar refractivity (Wildman–Crippen MR) is 81.7 cm³/mol. The van der Waals surface area contributed by atoms with Gasteiger partial charge in [0.05, 0.1) is 23.3 Å². The molecule has 1 aliphatic rings. The Morgan fingerprint density at radius 3 is 3.09 bits per heavy atom. The Morgan fingerprint density at radius 1 is 1.26 bits per heavy atom. The zero-order chi connectivity index (χ0) is 15.6. The molecule has 118 valence electrons. The number of rotatable bonds is 2. The molecule has 1 amide bonds. The molecule has 1 aliphatic heterocycles. The second-order valence-corrected chi connectivity index (χ2v) is 5.74. The van der Waals surface area contributed by atoms with Gasteiger partial charge in [-0.1, -0.05) is 24.1 Å². The highest BCUT2D eigenvalue weighted by Crippen LogP contribution is 2.30. The number of aromatic nitrogens is 4. The lowest BCUT2D eigenvalue weighted by Gasteiger charge is -2.27. The first-order chi connectivity index (χ1) is 11.3. The first-order valence-electron chi connectivity index (χ1n) is 7.84. The molecule has 3 aromatic heterocycles. The van der Waals surface area contributed by atoms with Crippen LogP contribution < -0.4 is 0 Å². The molecule has 1 atom stereocenters. The van der Waals surface area contributed by atoms with Crippen LogP contribution in [0.4, 0.5) is 0 Å². The summed E-state index contributed by atoms with van der Waals surface area (Å²) in [5.74, 6) is 0.555. The molecule has 0 aliphatic carbocycles. The van der Waals surface area contributed by atoms with Crippen LogP contribution in [0.2, 0.25) is 0 Å². The molecule has 0 N–H and O–H groups in total. The van der Waals surface area contributed by atoms with Crippen LogP contribution in [0.25, 0.3) is 5.52 Å². The summed E-state index contributed by atoms with van der Waals surface area (Å²) in [4.78, 5) is 19.1. The molecular weight excluding hydrogens is 294 g/mol. The number of amides is 1. The van der Waals surface area contributed by atoms with Gasteiger partial charge in [0.15, 0.2) is 5.82 Å². The lowest BCUT2D eigenvalue weighted by molar-refractivity contribution is 0.0672. The zero-order valence-corrected chi connectivity index (χ0v) is 12.6. The Labute approximate surface area is 132 Å². The average Bonchev–Trinajstić information content (AvgIpc) is 3.19. The monoisotopic (exact) mass is 311 g/mol. The summed E-state index contributed by atoms with van der Waals surface area (Å²) >= 11 is 0. The molecular formula is C16H17N5O2. The van der Waals surface area contributed by atoms with Crippen molar-refractivity contribution in [3.8, 4) is 0 Å². The van der Waals surface area contributed by atoms with Crippen molar-refractivity contribution in [2.24, 2.45) is 0 Å². The van der Waals surface area contributed by atoms with Crippen LogP contribution in [-0.2, 0) is 0 Å². The van der Waals surface area contributed by atoms with Gasteiger partial charge in [0.2, 0.25) is 6.39 Å². The highest BCUT2D eigenvalue weighted by Gasteiger charge is 2.31. The van der Waals surface area contributed by atoms with Crippen molar-refractivity contribution < 1.29 is 9.32 Å². The number of hydrogen-bond acceptors (Lipinski definition) is 5. The van der Waals surface area contributed by atoms with E-state index < -0.39 is 0 Å². The summed E-state index contributed by atoms with van der Waals surface area (Å²) in [6, 6.07) is 5.57. The summed E-state index contributed by atoms with van der Waals surface area (Å²) in [6.45, 7) is 0.697. The third-order valence-electron chi connectivity index (χ3n) is 4.35. The Balaban J connectivity index is 1.72. The van der Waals surface area contributed by atoms with Gasteiger partial charge in [-0.05, 0) is 25.0 Å². The van der Waals surface area contributed by atoms with Gasteiger partial charge in [-0.15, -0.1) is 0 Å². The molecule has 7 nitrogen and oxygen atoms in total. The summed E-state index contributed by atoms with van der Waals surface area (Å²) in [5.41, 5.74) is 1.43. The Hall–Kier alpha value is -2.70. The van der Waals surface area contributed by atoms with Crippen molar-refractivity contribution in [2.75, 3.05) is 6.54 Å². The molecule has 0 bridgehead atoms. The molecule has 1 saturated heterocycles. The van der Waals surface area contributed by atoms with Gasteiger partial charge in [0.1, 0.15) is 0 Å². The first-order valence-corrected chi connectivity index (χ1v) is 7.84. The summed E-state index contributed by atoms with van der Waals surface area (Å²) in [6.07, 6.45) is 8.79. The van der Waals surface area contributed by atoms with Crippen LogP contribution in [-0.4, -0.2) is 37.1 Å². The maximum atomic E-state index is 13.1. The van der Waals surface area contributed by atoms with Crippen molar-refractivity contribution in [1.82, 2.24) is 24.7 Å². The third kappa shape index (κ3) is 2.48. The van der Waals surface area contributed by atoms with Crippen LogP contribution in [0.5, 0.6) is 0 Å². The van der Waals surface area contributed by atoms with E-state index in [2.05, 4.69) is 15.2 Å². The van der Waals surface area contributed by atoms with Crippen LogP contribution in [0.15, 0.2) is 41.5 Å². The van der Waals surface area contributed by atoms with E-state index in [0.717, 1.165) is 31.2 Å². The van der Waals surface area contributed by atoms with Gasteiger partial charge in [0.25, 0.3) is 5.91 Å². The maximum absolute atomic E-state index is 13.1. The van der Waals surface area contributed by atoms with E-state index in [-0.39, 0.29) is 11.9 Å². The van der Waals surface area contributed by atoms with Crippen molar-refractivity contribution in [2.45, 2.75) is 31.7 Å². The average molecular weight is 311 g/mol. The molecule has 4 rings (SSSR count). The van der Waals surface area contributed by atoms with Crippen molar-refractivity contribution in [1.29, 1.82) is 0 Å². The SMILES string of the molecule is O=C(c1cnn2ccccc12)N1CCCCCC1c1ncon1. The normalized spacial score (nSPS) is 19.0. The largest absolute Gasteiger partial charge is 0.343 e. The Morgan fingerprint density at radius 2 is 2.22 bits per heavy atom. The van der Waals surface area contributed by atoms with Crippen molar-refractivity contribution >= 4 is 11.4 Å². The number of carbonyl (C=O) groups excluding carboxylic acids is 1. The molecule has 23 heavy (non-hydrogen) atoms. The highest BCUT2D eigenvalue weighted by atomic mass is 16.5. The third-order valence-corrected chi connectivity index (χ3v) is 4.35. The minimum Gasteiger partial charge on any atom is -0.343 e. The quantitative estimate of drug-likeness (QED) is 0.726. The fraction of sp³-hybridized carbons (Fsp3) is 0.375. The molecule has 4 heterocycles. The first kappa shape index (κ1) is 13.9. The van der Waals surface area contributed by atoms with Gasteiger partial charge in [0, 0.05) is 12.7 Å². The van der Waals surface area contributed by atoms with Crippen molar-refractivity contribution in [3.05, 3.63) is 48.4 Å². The topological polar surface area (TPSA) is 76.5 Å². The fourth-order valence-electron chi connectivity index (χ4n) is 3.20. The second kappa shape index (κ2) is 5.83. The fourth-order valence-corrected chi connectivity index (χ4v) is 3.20. The molecule has 7 heteroatoms. The Bertz CT molecular complexity index is 811. The van der Waals surface area contributed by atoms with E-state index in [1.807, 2.05) is 29.3 Å². The number of pyridine rings is 1. The molecule has 0 saturated carbocycles. The molecule has 0 radical (unpaired) electrons. The van der Waals surface area contributed by atoms with E-state index in [1.165, 1.54) is 6.39 Å². The lowest BCUT2D eigenvalue weighted by Crippen LogP contribution is -2.35. The molecule has 3 aromatic rings. The number of fused-ring (bicyclic) bond motifs is 1. The minimum atomic E-state index is -0.137. The maximum Gasteiger partial charge on any atom is 0.258 e. The smallest absolute Gasteiger partial charge is 0.258 e. The van der Waals surface area contributed by atoms with Gasteiger partial charge in [-0.25, -0.2) is 4.52 Å². The lowest BCUT2D eigenvalue weighted by atomic mass is 10.1. The van der Waals surface area contributed by atoms with Gasteiger partial charge < -0.3 is 9.42 Å². The van der Waals surface area contributed by atoms with E-state index in [4.69, 9.17) is 4.52 Å². The van der Waals surface area contributed by atoms with Crippen LogP contribution in [0.1, 0.15) is 47.9 Å². The minimum absolute atomic E-state index is 0.0251. The number of hydrogen-bond donors (Lipinski definition) is 0. The van der Waals surface area contributed by atoms with Gasteiger partial charge in [-0.2, -0.15) is 10.1 Å². The number of nitrogens with zero attached hydrogens (tertiary/aromatic N) is 5. The van der Waals surface area contributed by atoms with E-state index in [0.29, 0.717) is 17.9 Å². The molecule has 1 fully saturated rings. The zero-order valence-electron chi connectivity index (χ0n) is 12.6. The van der Waals surface area contributed by atoms with Gasteiger partial charge >= 0.3 is 0 Å². The predicted octanol–water partition coefficient (Wildman–Crippen LogP) is 2.47. The molecule has 0 aromatic carbocycles. The van der Waals surface area contributed by atoms with Crippen LogP contribution >= 0.6 is 0 Å². The molecule has 1 unspecified atom stereocenters. The second-order valence-electron chi connectivity index (χ2n) is 5.74. The van der Waals surface area contributed by atoms with E-state index in [1.54, 1.807) is 10.7 Å². The Kier molecular flexibility index (Phi) is 3.53. The van der Waals surface area contributed by atoms with Gasteiger partial charge in [-0.3, -0.25) is 4.79 Å².